The molecule has 1 unspecified atom stereocenters. The predicted molar refractivity (Wildman–Crippen MR) is 110 cm³/mol. The van der Waals surface area contributed by atoms with Gasteiger partial charge in [0.15, 0.2) is 11.5 Å². The number of halogens is 5. The van der Waals surface area contributed by atoms with Gasteiger partial charge in [-0.15, -0.1) is 0 Å². The van der Waals surface area contributed by atoms with Gasteiger partial charge in [-0.25, -0.2) is 4.99 Å². The average molecular weight is 469 g/mol. The first-order chi connectivity index (χ1) is 14.7. The number of nitrogens with two attached hydrogens (primary N) is 1. The number of aromatic nitrogens is 2. The molecule has 1 amide bonds. The SMILES string of the molecule is CN1C(=O)C(c2ccc(S(F)(F)(F)(F)F)cc2)(c2cccc(-c3cnccn3)c2)N=C1N. The quantitative estimate of drug-likeness (QED) is 0.555. The van der Waals surface area contributed by atoms with E-state index in [-0.39, 0.29) is 29.2 Å². The van der Waals surface area contributed by atoms with Crippen LogP contribution in [0.25, 0.3) is 11.3 Å². The van der Waals surface area contributed by atoms with Crippen molar-refractivity contribution in [3.8, 4) is 11.3 Å². The molecule has 1 aliphatic heterocycles. The van der Waals surface area contributed by atoms with Crippen LogP contribution >= 0.6 is 10.2 Å². The maximum absolute atomic E-state index is 13.2. The van der Waals surface area contributed by atoms with E-state index in [9.17, 15) is 24.2 Å². The minimum atomic E-state index is -9.88. The molecular weight excluding hydrogens is 453 g/mol. The number of carbonyl (C=O) groups is 1. The summed E-state index contributed by atoms with van der Waals surface area (Å²) in [5, 5.41) is 0. The molecule has 2 N–H and O–H groups in total. The van der Waals surface area contributed by atoms with Crippen LogP contribution in [0.2, 0.25) is 0 Å². The first-order valence-electron chi connectivity index (χ1n) is 9.07. The second-order valence-electron chi connectivity index (χ2n) is 7.21. The van der Waals surface area contributed by atoms with Crippen LogP contribution in [0.5, 0.6) is 0 Å². The van der Waals surface area contributed by atoms with Gasteiger partial charge in [-0.1, -0.05) is 49.8 Å². The van der Waals surface area contributed by atoms with E-state index in [1.807, 2.05) is 0 Å². The van der Waals surface area contributed by atoms with E-state index in [0.717, 1.165) is 17.0 Å². The molecule has 0 saturated heterocycles. The number of benzene rings is 2. The molecule has 0 radical (unpaired) electrons. The van der Waals surface area contributed by atoms with E-state index in [4.69, 9.17) is 5.73 Å². The van der Waals surface area contributed by atoms with Crippen molar-refractivity contribution >= 4 is 22.1 Å². The Morgan fingerprint density at radius 3 is 2.19 bits per heavy atom. The highest BCUT2D eigenvalue weighted by Crippen LogP contribution is 3.02. The Balaban J connectivity index is 1.92. The zero-order chi connectivity index (χ0) is 23.4. The van der Waals surface area contributed by atoms with Gasteiger partial charge in [0, 0.05) is 25.0 Å². The number of likely N-dealkylation sites (N-methyl/N-ethyl adjacent to an activating group) is 1. The number of hydrogen-bond donors (Lipinski definition) is 1. The molecular formula is C20H16F5N5OS. The van der Waals surface area contributed by atoms with E-state index in [0.29, 0.717) is 11.3 Å². The molecule has 0 aliphatic carbocycles. The maximum Gasteiger partial charge on any atom is 0.310 e. The third-order valence-corrected chi connectivity index (χ3v) is 6.26. The highest BCUT2D eigenvalue weighted by Gasteiger charge is 2.65. The first-order valence-corrected chi connectivity index (χ1v) is 11.0. The Hall–Kier alpha value is -3.54. The zero-order valence-electron chi connectivity index (χ0n) is 16.4. The third kappa shape index (κ3) is 3.55. The summed E-state index contributed by atoms with van der Waals surface area (Å²) in [6.07, 6.45) is 4.45. The second-order valence-corrected chi connectivity index (χ2v) is 9.62. The van der Waals surface area contributed by atoms with Crippen molar-refractivity contribution in [1.29, 1.82) is 0 Å². The van der Waals surface area contributed by atoms with E-state index >= 15 is 0 Å². The average Bonchev–Trinajstić information content (AvgIpc) is 2.98. The van der Waals surface area contributed by atoms with Crippen molar-refractivity contribution in [3.63, 3.8) is 0 Å². The van der Waals surface area contributed by atoms with Crippen LogP contribution in [0.1, 0.15) is 11.1 Å². The lowest BCUT2D eigenvalue weighted by atomic mass is 9.82. The highest BCUT2D eigenvalue weighted by molar-refractivity contribution is 8.45. The van der Waals surface area contributed by atoms with Gasteiger partial charge >= 0.3 is 10.2 Å². The minimum Gasteiger partial charge on any atom is -0.369 e. The van der Waals surface area contributed by atoms with Crippen molar-refractivity contribution in [2.24, 2.45) is 10.7 Å². The molecule has 1 atom stereocenters. The van der Waals surface area contributed by atoms with Crippen LogP contribution in [0.15, 0.2) is 77.0 Å². The molecule has 3 aromatic rings. The Kier molecular flexibility index (Phi) is 4.24. The molecule has 1 aliphatic rings. The van der Waals surface area contributed by atoms with Gasteiger partial charge in [0.2, 0.25) is 0 Å². The van der Waals surface area contributed by atoms with Crippen molar-refractivity contribution in [1.82, 2.24) is 14.9 Å². The molecule has 6 nitrogen and oxygen atoms in total. The number of amides is 1. The van der Waals surface area contributed by atoms with Crippen LogP contribution in [0, 0.1) is 0 Å². The van der Waals surface area contributed by atoms with Gasteiger partial charge in [0.25, 0.3) is 5.91 Å². The highest BCUT2D eigenvalue weighted by atomic mass is 32.5. The van der Waals surface area contributed by atoms with E-state index in [2.05, 4.69) is 15.0 Å². The Bertz CT molecular complexity index is 1250. The lowest BCUT2D eigenvalue weighted by Gasteiger charge is -2.40. The molecule has 32 heavy (non-hydrogen) atoms. The summed E-state index contributed by atoms with van der Waals surface area (Å²) in [7, 11) is -8.52. The number of nitrogens with zero attached hydrogens (tertiary/aromatic N) is 4. The number of carbonyl (C=O) groups excluding carboxylic acids is 1. The topological polar surface area (TPSA) is 84.5 Å². The summed E-state index contributed by atoms with van der Waals surface area (Å²) >= 11 is 0. The summed E-state index contributed by atoms with van der Waals surface area (Å²) < 4.78 is 65.9. The maximum atomic E-state index is 13.2. The Morgan fingerprint density at radius 2 is 1.66 bits per heavy atom. The molecule has 4 rings (SSSR count). The van der Waals surface area contributed by atoms with Gasteiger partial charge in [-0.2, -0.15) is 0 Å². The lowest BCUT2D eigenvalue weighted by molar-refractivity contribution is -0.129. The largest absolute Gasteiger partial charge is 0.369 e. The van der Waals surface area contributed by atoms with Gasteiger partial charge in [-0.3, -0.25) is 19.7 Å². The smallest absolute Gasteiger partial charge is 0.310 e. The fourth-order valence-electron chi connectivity index (χ4n) is 3.49. The third-order valence-electron chi connectivity index (χ3n) is 5.10. The van der Waals surface area contributed by atoms with Crippen LogP contribution < -0.4 is 5.73 Å². The van der Waals surface area contributed by atoms with Crippen molar-refractivity contribution < 1.29 is 24.2 Å². The van der Waals surface area contributed by atoms with E-state index < -0.39 is 26.6 Å². The Labute approximate surface area is 179 Å². The van der Waals surface area contributed by atoms with Crippen LogP contribution in [0.3, 0.4) is 0 Å². The van der Waals surface area contributed by atoms with Crippen molar-refractivity contribution in [2.75, 3.05) is 7.05 Å². The van der Waals surface area contributed by atoms with E-state index in [1.54, 1.807) is 24.3 Å². The number of aliphatic imine (C=N–C) groups is 1. The van der Waals surface area contributed by atoms with Crippen LogP contribution in [-0.4, -0.2) is 33.8 Å². The van der Waals surface area contributed by atoms with Gasteiger partial charge in [0.1, 0.15) is 4.90 Å². The van der Waals surface area contributed by atoms with Crippen LogP contribution in [-0.2, 0) is 10.3 Å². The zero-order valence-corrected chi connectivity index (χ0v) is 17.2. The fraction of sp³-hybridized carbons (Fsp3) is 0.100. The molecule has 2 heterocycles. The summed E-state index contributed by atoms with van der Waals surface area (Å²) in [4.78, 5) is 24.7. The molecule has 0 bridgehead atoms. The van der Waals surface area contributed by atoms with Gasteiger partial charge < -0.3 is 5.73 Å². The fourth-order valence-corrected chi connectivity index (χ4v) is 4.14. The molecule has 12 heteroatoms. The van der Waals surface area contributed by atoms with Gasteiger partial charge in [-0.05, 0) is 29.3 Å². The molecule has 2 aromatic carbocycles. The molecule has 0 fully saturated rings. The molecule has 0 spiro atoms. The van der Waals surface area contributed by atoms with Crippen LogP contribution in [0.4, 0.5) is 19.4 Å². The Morgan fingerprint density at radius 1 is 0.969 bits per heavy atom. The monoisotopic (exact) mass is 469 g/mol. The van der Waals surface area contributed by atoms with Crippen molar-refractivity contribution in [2.45, 2.75) is 10.4 Å². The van der Waals surface area contributed by atoms with Crippen molar-refractivity contribution in [3.05, 3.63) is 78.2 Å². The second kappa shape index (κ2) is 6.25. The van der Waals surface area contributed by atoms with Gasteiger partial charge in [0.05, 0.1) is 11.9 Å². The normalized spacial score (nSPS) is 21.1. The summed E-state index contributed by atoms with van der Waals surface area (Å²) in [6, 6.07) is 8.58. The number of guanidine groups is 1. The first kappa shape index (κ1) is 21.7. The predicted octanol–water partition coefficient (Wildman–Crippen LogP) is 4.83. The van der Waals surface area contributed by atoms with E-state index in [1.165, 1.54) is 25.6 Å². The summed E-state index contributed by atoms with van der Waals surface area (Å²) in [5.74, 6) is -0.817. The number of hydrogen-bond acceptors (Lipinski definition) is 5. The molecule has 1 aromatic heterocycles. The standard InChI is InChI=1S/C20H16F5N5OS/c1-30-18(31)20(29-19(30)26,14-5-7-16(8-6-14)32(21,22,23,24)25)15-4-2-3-13(11-15)17-12-27-9-10-28-17/h2-12H,1H3,(H2,26,29). The summed E-state index contributed by atoms with van der Waals surface area (Å²) in [5.41, 5.74) is 5.27. The summed E-state index contributed by atoms with van der Waals surface area (Å²) in [6.45, 7) is 0. The number of rotatable bonds is 4. The minimum absolute atomic E-state index is 0.0447. The lowest BCUT2D eigenvalue weighted by Crippen LogP contribution is -2.41. The molecule has 168 valence electrons. The molecule has 0 saturated carbocycles.